The molecule has 2 rings (SSSR count). The van der Waals surface area contributed by atoms with E-state index < -0.39 is 0 Å². The monoisotopic (exact) mass is 278 g/mol. The van der Waals surface area contributed by atoms with Gasteiger partial charge < -0.3 is 10.6 Å². The van der Waals surface area contributed by atoms with E-state index in [0.29, 0.717) is 11.4 Å². The molecule has 6 heteroatoms. The molecule has 102 valence electrons. The summed E-state index contributed by atoms with van der Waals surface area (Å²) in [5.41, 5.74) is 6.53. The van der Waals surface area contributed by atoms with E-state index in [1.165, 1.54) is 4.88 Å². The Kier molecular flexibility index (Phi) is 3.90. The number of hydrogen-bond acceptors (Lipinski definition) is 4. The number of thiophene rings is 1. The normalized spacial score (nSPS) is 12.4. The number of nitrogens with zero attached hydrogens (tertiary/aromatic N) is 3. The maximum Gasteiger partial charge on any atom is 0.276 e. The molecule has 0 aliphatic rings. The van der Waals surface area contributed by atoms with Crippen molar-refractivity contribution in [3.63, 3.8) is 0 Å². The van der Waals surface area contributed by atoms with Crippen LogP contribution >= 0.6 is 11.3 Å². The first kappa shape index (κ1) is 13.6. The molecule has 5 nitrogen and oxygen atoms in total. The number of nitrogens with two attached hydrogens (primary N) is 1. The van der Waals surface area contributed by atoms with Crippen LogP contribution in [0.3, 0.4) is 0 Å². The molecule has 1 atom stereocenters. The predicted molar refractivity (Wildman–Crippen MR) is 77.2 cm³/mol. The zero-order valence-corrected chi connectivity index (χ0v) is 12.1. The van der Waals surface area contributed by atoms with E-state index in [4.69, 9.17) is 5.73 Å². The van der Waals surface area contributed by atoms with Crippen LogP contribution in [-0.4, -0.2) is 33.7 Å². The Morgan fingerprint density at radius 3 is 2.89 bits per heavy atom. The highest BCUT2D eigenvalue weighted by molar-refractivity contribution is 7.09. The number of carbonyl (C=O) groups is 1. The Labute approximate surface area is 116 Å². The van der Waals surface area contributed by atoms with Gasteiger partial charge in [-0.05, 0) is 18.4 Å². The van der Waals surface area contributed by atoms with E-state index in [0.717, 1.165) is 6.42 Å². The zero-order valence-electron chi connectivity index (χ0n) is 11.3. The number of hydrogen-bond donors (Lipinski definition) is 1. The van der Waals surface area contributed by atoms with Crippen molar-refractivity contribution in [2.75, 3.05) is 12.8 Å². The summed E-state index contributed by atoms with van der Waals surface area (Å²) in [6.45, 7) is 2.02. The fourth-order valence-electron chi connectivity index (χ4n) is 1.90. The molecule has 0 spiro atoms. The van der Waals surface area contributed by atoms with Gasteiger partial charge in [-0.3, -0.25) is 9.48 Å². The van der Waals surface area contributed by atoms with Gasteiger partial charge in [0.1, 0.15) is 0 Å². The molecule has 2 aromatic rings. The quantitative estimate of drug-likeness (QED) is 0.927. The maximum absolute atomic E-state index is 12.3. The topological polar surface area (TPSA) is 64.2 Å². The second kappa shape index (κ2) is 5.44. The molecule has 2 heterocycles. The Bertz CT molecular complexity index is 561. The van der Waals surface area contributed by atoms with Gasteiger partial charge in [-0.2, -0.15) is 5.10 Å². The number of nitrogen functional groups attached to an aromatic ring is 1. The van der Waals surface area contributed by atoms with Gasteiger partial charge in [-0.25, -0.2) is 0 Å². The third-order valence-corrected chi connectivity index (χ3v) is 4.02. The van der Waals surface area contributed by atoms with Crippen LogP contribution in [0.5, 0.6) is 0 Å². The minimum Gasteiger partial charge on any atom is -0.396 e. The number of aromatic nitrogens is 2. The molecule has 0 saturated carbocycles. The van der Waals surface area contributed by atoms with Crippen LogP contribution in [0.1, 0.15) is 22.3 Å². The first-order valence-corrected chi connectivity index (χ1v) is 6.95. The number of aryl methyl sites for hydroxylation is 1. The zero-order chi connectivity index (χ0) is 14.0. The number of rotatable bonds is 4. The molecule has 1 amide bonds. The highest BCUT2D eigenvalue weighted by Crippen LogP contribution is 2.16. The number of anilines is 1. The van der Waals surface area contributed by atoms with Gasteiger partial charge in [0.15, 0.2) is 5.69 Å². The van der Waals surface area contributed by atoms with Crippen LogP contribution in [0, 0.1) is 0 Å². The summed E-state index contributed by atoms with van der Waals surface area (Å²) in [6.07, 6.45) is 2.48. The second-order valence-electron chi connectivity index (χ2n) is 4.66. The van der Waals surface area contributed by atoms with E-state index >= 15 is 0 Å². The molecule has 0 aromatic carbocycles. The molecular formula is C13H18N4OS. The average Bonchev–Trinajstić information content (AvgIpc) is 2.97. The largest absolute Gasteiger partial charge is 0.396 e. The van der Waals surface area contributed by atoms with Crippen molar-refractivity contribution in [2.24, 2.45) is 7.05 Å². The van der Waals surface area contributed by atoms with E-state index in [9.17, 15) is 4.79 Å². The van der Waals surface area contributed by atoms with Crippen molar-refractivity contribution in [3.8, 4) is 0 Å². The van der Waals surface area contributed by atoms with Crippen molar-refractivity contribution < 1.29 is 4.79 Å². The van der Waals surface area contributed by atoms with E-state index in [1.807, 2.05) is 18.4 Å². The number of carbonyl (C=O) groups excluding carboxylic acids is 1. The molecule has 0 aliphatic carbocycles. The molecule has 2 aromatic heterocycles. The Morgan fingerprint density at radius 1 is 1.63 bits per heavy atom. The summed E-state index contributed by atoms with van der Waals surface area (Å²) in [6, 6.07) is 4.20. The fourth-order valence-corrected chi connectivity index (χ4v) is 2.72. The molecule has 0 fully saturated rings. The van der Waals surface area contributed by atoms with E-state index in [2.05, 4.69) is 11.2 Å². The maximum atomic E-state index is 12.3. The van der Waals surface area contributed by atoms with Gasteiger partial charge in [-0.15, -0.1) is 11.3 Å². The first-order chi connectivity index (χ1) is 8.99. The summed E-state index contributed by atoms with van der Waals surface area (Å²) < 4.78 is 1.56. The van der Waals surface area contributed by atoms with Crippen LogP contribution < -0.4 is 5.73 Å². The van der Waals surface area contributed by atoms with Crippen molar-refractivity contribution in [3.05, 3.63) is 34.3 Å². The lowest BCUT2D eigenvalue weighted by atomic mass is 10.1. The summed E-state index contributed by atoms with van der Waals surface area (Å²) in [5.74, 6) is -0.137. The first-order valence-electron chi connectivity index (χ1n) is 6.07. The lowest BCUT2D eigenvalue weighted by Gasteiger charge is -2.24. The highest BCUT2D eigenvalue weighted by atomic mass is 32.1. The van der Waals surface area contributed by atoms with Gasteiger partial charge in [0.05, 0.1) is 5.69 Å². The van der Waals surface area contributed by atoms with Gasteiger partial charge in [0.2, 0.25) is 0 Å². The molecule has 2 N–H and O–H groups in total. The fraction of sp³-hybridized carbons (Fsp3) is 0.385. The lowest BCUT2D eigenvalue weighted by molar-refractivity contribution is 0.0738. The van der Waals surface area contributed by atoms with Crippen LogP contribution in [-0.2, 0) is 13.5 Å². The summed E-state index contributed by atoms with van der Waals surface area (Å²) in [4.78, 5) is 15.3. The Morgan fingerprint density at radius 2 is 2.37 bits per heavy atom. The van der Waals surface area contributed by atoms with Crippen molar-refractivity contribution >= 4 is 22.9 Å². The number of likely N-dealkylation sites (N-methyl/N-ethyl adjacent to an activating group) is 1. The molecule has 0 aliphatic heterocycles. The molecular weight excluding hydrogens is 260 g/mol. The van der Waals surface area contributed by atoms with E-state index in [-0.39, 0.29) is 11.9 Å². The molecule has 0 radical (unpaired) electrons. The highest BCUT2D eigenvalue weighted by Gasteiger charge is 2.22. The predicted octanol–water partition coefficient (Wildman–Crippen LogP) is 1.77. The second-order valence-corrected chi connectivity index (χ2v) is 5.69. The summed E-state index contributed by atoms with van der Waals surface area (Å²) in [7, 11) is 3.54. The molecule has 0 saturated heterocycles. The average molecular weight is 278 g/mol. The Balaban J connectivity index is 2.08. The van der Waals surface area contributed by atoms with E-state index in [1.54, 1.807) is 41.2 Å². The smallest absolute Gasteiger partial charge is 0.276 e. The van der Waals surface area contributed by atoms with Crippen molar-refractivity contribution in [2.45, 2.75) is 19.4 Å². The van der Waals surface area contributed by atoms with Crippen LogP contribution in [0.25, 0.3) is 0 Å². The lowest BCUT2D eigenvalue weighted by Crippen LogP contribution is -2.36. The van der Waals surface area contributed by atoms with Gasteiger partial charge in [0, 0.05) is 37.6 Å². The van der Waals surface area contributed by atoms with Gasteiger partial charge in [-0.1, -0.05) is 6.07 Å². The standard InChI is InChI=1S/C13H18N4OS/c1-9(7-10-5-4-6-19-10)17(3)13(18)12-11(14)8-16(2)15-12/h4-6,8-9H,7,14H2,1-3H3. The van der Waals surface area contributed by atoms with Gasteiger partial charge in [0.25, 0.3) is 5.91 Å². The van der Waals surface area contributed by atoms with Crippen LogP contribution in [0.2, 0.25) is 0 Å². The van der Waals surface area contributed by atoms with Crippen molar-refractivity contribution in [1.82, 2.24) is 14.7 Å². The van der Waals surface area contributed by atoms with Crippen LogP contribution in [0.15, 0.2) is 23.7 Å². The van der Waals surface area contributed by atoms with Crippen molar-refractivity contribution in [1.29, 1.82) is 0 Å². The Hall–Kier alpha value is -1.82. The van der Waals surface area contributed by atoms with Crippen LogP contribution in [0.4, 0.5) is 5.69 Å². The third-order valence-electron chi connectivity index (χ3n) is 3.12. The SMILES string of the molecule is CC(Cc1cccs1)N(C)C(=O)c1nn(C)cc1N. The minimum absolute atomic E-state index is 0.104. The van der Waals surface area contributed by atoms with Gasteiger partial charge >= 0.3 is 0 Å². The third kappa shape index (κ3) is 2.96. The number of amides is 1. The molecule has 19 heavy (non-hydrogen) atoms. The molecule has 0 bridgehead atoms. The molecule has 1 unspecified atom stereocenters. The summed E-state index contributed by atoms with van der Waals surface area (Å²) in [5, 5.41) is 6.16. The minimum atomic E-state index is -0.137. The summed E-state index contributed by atoms with van der Waals surface area (Å²) >= 11 is 1.70.